The van der Waals surface area contributed by atoms with Crippen molar-refractivity contribution in [2.45, 2.75) is 6.42 Å². The summed E-state index contributed by atoms with van der Waals surface area (Å²) in [6.07, 6.45) is 0.994. The number of hydrogen-bond donors (Lipinski definition) is 2. The average molecular weight is 235 g/mol. The molecule has 17 heavy (non-hydrogen) atoms. The second-order valence-corrected chi connectivity index (χ2v) is 3.99. The second-order valence-electron chi connectivity index (χ2n) is 3.99. The molecule has 0 aliphatic carbocycles. The van der Waals surface area contributed by atoms with Gasteiger partial charge in [-0.25, -0.2) is 4.79 Å². The van der Waals surface area contributed by atoms with Crippen LogP contribution in [0.4, 0.5) is 10.5 Å². The number of carbonyl (C=O) groups excluding carboxylic acids is 1. The van der Waals surface area contributed by atoms with E-state index in [-0.39, 0.29) is 6.03 Å². The molecular formula is C12H17N3O2. The number of nitrogen functional groups attached to an aromatic ring is 1. The number of nitrogens with zero attached hydrogens (tertiary/aromatic N) is 1. The van der Waals surface area contributed by atoms with Gasteiger partial charge >= 0.3 is 6.03 Å². The van der Waals surface area contributed by atoms with Gasteiger partial charge in [-0.2, -0.15) is 0 Å². The maximum atomic E-state index is 11.4. The molecule has 92 valence electrons. The maximum Gasteiger partial charge on any atom is 0.317 e. The highest BCUT2D eigenvalue weighted by Crippen LogP contribution is 2.13. The van der Waals surface area contributed by atoms with Crippen molar-refractivity contribution in [2.24, 2.45) is 0 Å². The lowest BCUT2D eigenvalue weighted by Gasteiger charge is -2.27. The van der Waals surface area contributed by atoms with Crippen LogP contribution < -0.4 is 15.8 Å². The number of nitrogens with two attached hydrogens (primary N) is 1. The molecule has 0 atom stereocenters. The van der Waals surface area contributed by atoms with Crippen molar-refractivity contribution < 1.29 is 9.53 Å². The molecule has 1 aromatic rings. The number of nitrogens with one attached hydrogen (secondary N) is 1. The molecule has 5 nitrogen and oxygen atoms in total. The molecule has 2 amide bonds. The molecule has 5 heteroatoms. The molecule has 2 rings (SSSR count). The zero-order valence-corrected chi connectivity index (χ0v) is 9.69. The average Bonchev–Trinajstić information content (AvgIpc) is 2.34. The van der Waals surface area contributed by atoms with Gasteiger partial charge in [0.2, 0.25) is 0 Å². The lowest BCUT2D eigenvalue weighted by molar-refractivity contribution is 0.171. The first kappa shape index (κ1) is 11.6. The van der Waals surface area contributed by atoms with Gasteiger partial charge in [0.1, 0.15) is 12.4 Å². The largest absolute Gasteiger partial charge is 0.492 e. The van der Waals surface area contributed by atoms with Gasteiger partial charge in [0, 0.05) is 18.8 Å². The quantitative estimate of drug-likeness (QED) is 0.767. The predicted molar refractivity (Wildman–Crippen MR) is 65.9 cm³/mol. The number of amides is 2. The summed E-state index contributed by atoms with van der Waals surface area (Å²) in [5, 5.41) is 2.80. The van der Waals surface area contributed by atoms with Gasteiger partial charge in [-0.3, -0.25) is 0 Å². The van der Waals surface area contributed by atoms with Crippen LogP contribution in [-0.4, -0.2) is 37.2 Å². The van der Waals surface area contributed by atoms with E-state index in [9.17, 15) is 4.79 Å². The van der Waals surface area contributed by atoms with Crippen molar-refractivity contribution in [2.75, 3.05) is 32.0 Å². The molecule has 0 bridgehead atoms. The molecule has 1 saturated heterocycles. The molecule has 1 aromatic carbocycles. The minimum absolute atomic E-state index is 0.00263. The number of hydrogen-bond acceptors (Lipinski definition) is 3. The van der Waals surface area contributed by atoms with E-state index in [1.807, 2.05) is 12.1 Å². The molecule has 0 radical (unpaired) electrons. The topological polar surface area (TPSA) is 67.6 Å². The molecule has 1 aliphatic heterocycles. The van der Waals surface area contributed by atoms with Crippen molar-refractivity contribution in [3.05, 3.63) is 24.3 Å². The van der Waals surface area contributed by atoms with E-state index in [1.165, 1.54) is 0 Å². The van der Waals surface area contributed by atoms with Crippen molar-refractivity contribution in [3.8, 4) is 5.75 Å². The standard InChI is InChI=1S/C12H17N3O2/c13-10-2-4-11(5-3-10)17-9-8-15-7-1-6-14-12(15)16/h2-5H,1,6-9,13H2,(H,14,16). The summed E-state index contributed by atoms with van der Waals surface area (Å²) in [4.78, 5) is 13.2. The first-order valence-electron chi connectivity index (χ1n) is 5.77. The highest BCUT2D eigenvalue weighted by molar-refractivity contribution is 5.74. The number of rotatable bonds is 4. The van der Waals surface area contributed by atoms with Crippen LogP contribution in [0.25, 0.3) is 0 Å². The van der Waals surface area contributed by atoms with Crippen LogP contribution in [0.5, 0.6) is 5.75 Å². The van der Waals surface area contributed by atoms with Crippen LogP contribution >= 0.6 is 0 Å². The number of anilines is 1. The van der Waals surface area contributed by atoms with Crippen LogP contribution in [0.3, 0.4) is 0 Å². The molecule has 0 saturated carbocycles. The summed E-state index contributed by atoms with van der Waals surface area (Å²) < 4.78 is 5.53. The third-order valence-electron chi connectivity index (χ3n) is 2.68. The van der Waals surface area contributed by atoms with E-state index < -0.39 is 0 Å². The van der Waals surface area contributed by atoms with Gasteiger partial charge in [0.05, 0.1) is 6.54 Å². The Hall–Kier alpha value is -1.91. The SMILES string of the molecule is Nc1ccc(OCCN2CCCNC2=O)cc1. The molecular weight excluding hydrogens is 218 g/mol. The highest BCUT2D eigenvalue weighted by atomic mass is 16.5. The third kappa shape index (κ3) is 3.27. The first-order chi connectivity index (χ1) is 8.25. The minimum Gasteiger partial charge on any atom is -0.492 e. The lowest BCUT2D eigenvalue weighted by Crippen LogP contribution is -2.47. The molecule has 1 heterocycles. The smallest absolute Gasteiger partial charge is 0.317 e. The third-order valence-corrected chi connectivity index (χ3v) is 2.68. The highest BCUT2D eigenvalue weighted by Gasteiger charge is 2.16. The van der Waals surface area contributed by atoms with Crippen molar-refractivity contribution in [1.29, 1.82) is 0 Å². The van der Waals surface area contributed by atoms with Gasteiger partial charge in [0.25, 0.3) is 0 Å². The molecule has 0 unspecified atom stereocenters. The zero-order valence-electron chi connectivity index (χ0n) is 9.69. The van der Waals surface area contributed by atoms with E-state index in [2.05, 4.69) is 5.32 Å². The Morgan fingerprint density at radius 1 is 1.35 bits per heavy atom. The van der Waals surface area contributed by atoms with E-state index in [4.69, 9.17) is 10.5 Å². The fourth-order valence-corrected chi connectivity index (χ4v) is 1.73. The van der Waals surface area contributed by atoms with Crippen molar-refractivity contribution in [3.63, 3.8) is 0 Å². The van der Waals surface area contributed by atoms with Gasteiger partial charge in [0.15, 0.2) is 0 Å². The van der Waals surface area contributed by atoms with E-state index in [0.29, 0.717) is 18.8 Å². The van der Waals surface area contributed by atoms with Gasteiger partial charge < -0.3 is 20.7 Å². The number of benzene rings is 1. The molecule has 1 aliphatic rings. The lowest BCUT2D eigenvalue weighted by atomic mass is 10.3. The van der Waals surface area contributed by atoms with Crippen molar-refractivity contribution in [1.82, 2.24) is 10.2 Å². The predicted octanol–water partition coefficient (Wildman–Crippen LogP) is 1.06. The zero-order chi connectivity index (χ0) is 12.1. The molecule has 0 spiro atoms. The molecule has 0 aromatic heterocycles. The van der Waals surface area contributed by atoms with Crippen LogP contribution in [0, 0.1) is 0 Å². The maximum absolute atomic E-state index is 11.4. The fourth-order valence-electron chi connectivity index (χ4n) is 1.73. The van der Waals surface area contributed by atoms with Crippen LogP contribution in [0.15, 0.2) is 24.3 Å². The van der Waals surface area contributed by atoms with E-state index >= 15 is 0 Å². The first-order valence-corrected chi connectivity index (χ1v) is 5.77. The monoisotopic (exact) mass is 235 g/mol. The van der Waals surface area contributed by atoms with Gasteiger partial charge in [-0.1, -0.05) is 0 Å². The van der Waals surface area contributed by atoms with Crippen molar-refractivity contribution >= 4 is 11.7 Å². The Balaban J connectivity index is 1.75. The summed E-state index contributed by atoms with van der Waals surface area (Å²) in [5.41, 5.74) is 6.29. The summed E-state index contributed by atoms with van der Waals surface area (Å²) in [6, 6.07) is 7.24. The normalized spacial score (nSPS) is 15.5. The summed E-state index contributed by atoms with van der Waals surface area (Å²) in [6.45, 7) is 2.68. The number of urea groups is 1. The van der Waals surface area contributed by atoms with Gasteiger partial charge in [-0.05, 0) is 30.7 Å². The Bertz CT molecular complexity index is 378. The number of carbonyl (C=O) groups is 1. The summed E-state index contributed by atoms with van der Waals surface area (Å²) >= 11 is 0. The van der Waals surface area contributed by atoms with E-state index in [1.54, 1.807) is 17.0 Å². The Labute approximate surface area is 101 Å². The Morgan fingerprint density at radius 3 is 2.82 bits per heavy atom. The van der Waals surface area contributed by atoms with Crippen LogP contribution in [-0.2, 0) is 0 Å². The molecule has 3 N–H and O–H groups in total. The number of ether oxygens (including phenoxy) is 1. The minimum atomic E-state index is -0.00263. The summed E-state index contributed by atoms with van der Waals surface area (Å²) in [7, 11) is 0. The van der Waals surface area contributed by atoms with Gasteiger partial charge in [-0.15, -0.1) is 0 Å². The summed E-state index contributed by atoms with van der Waals surface area (Å²) in [5.74, 6) is 0.775. The van der Waals surface area contributed by atoms with E-state index in [0.717, 1.165) is 25.3 Å². The van der Waals surface area contributed by atoms with Crippen LogP contribution in [0.2, 0.25) is 0 Å². The second kappa shape index (κ2) is 5.43. The Morgan fingerprint density at radius 2 is 2.12 bits per heavy atom. The Kier molecular flexibility index (Phi) is 3.69. The molecule has 1 fully saturated rings. The fraction of sp³-hybridized carbons (Fsp3) is 0.417. The van der Waals surface area contributed by atoms with Crippen LogP contribution in [0.1, 0.15) is 6.42 Å².